The minimum atomic E-state index is -2.99. The van der Waals surface area contributed by atoms with Crippen LogP contribution in [0.25, 0.3) is 0 Å². The second-order valence-electron chi connectivity index (χ2n) is 4.11. The van der Waals surface area contributed by atoms with Crippen LogP contribution in [0.5, 0.6) is 5.75 Å². The van der Waals surface area contributed by atoms with Crippen molar-refractivity contribution in [2.75, 3.05) is 5.32 Å². The fraction of sp³-hybridized carbons (Fsp3) is 0.143. The molecule has 0 heterocycles. The van der Waals surface area contributed by atoms with Crippen LogP contribution < -0.4 is 10.1 Å². The summed E-state index contributed by atoms with van der Waals surface area (Å²) in [6.07, 6.45) is 0. The Balaban J connectivity index is 2.18. The predicted octanol–water partition coefficient (Wildman–Crippen LogP) is 4.83. The molecule has 0 unspecified atom stereocenters. The number of hydrogen-bond donors (Lipinski definition) is 1. The average molecular weight is 320 g/mol. The number of alkyl halides is 2. The number of benzene rings is 2. The molecule has 2 aromatic rings. The Labute approximate surface area is 123 Å². The highest BCUT2D eigenvalue weighted by Gasteiger charge is 2.11. The molecule has 0 amide bonds. The van der Waals surface area contributed by atoms with E-state index in [4.69, 9.17) is 11.6 Å². The van der Waals surface area contributed by atoms with Crippen molar-refractivity contribution in [1.29, 1.82) is 0 Å². The molecular weight excluding hydrogens is 310 g/mol. The van der Waals surface area contributed by atoms with Gasteiger partial charge >= 0.3 is 6.61 Å². The quantitative estimate of drug-likeness (QED) is 0.797. The zero-order valence-electron chi connectivity index (χ0n) is 10.5. The van der Waals surface area contributed by atoms with E-state index in [1.807, 2.05) is 0 Å². The normalized spacial score (nSPS) is 10.8. The Morgan fingerprint density at radius 2 is 1.86 bits per heavy atom. The van der Waals surface area contributed by atoms with Crippen molar-refractivity contribution in [1.82, 2.24) is 0 Å². The first-order chi connectivity index (χ1) is 9.95. The summed E-state index contributed by atoms with van der Waals surface area (Å²) in [5.74, 6) is -1.36. The van der Waals surface area contributed by atoms with Crippen molar-refractivity contribution in [3.63, 3.8) is 0 Å². The Morgan fingerprint density at radius 3 is 2.57 bits per heavy atom. The first-order valence-electron chi connectivity index (χ1n) is 5.88. The van der Waals surface area contributed by atoms with Crippen molar-refractivity contribution >= 4 is 17.3 Å². The van der Waals surface area contributed by atoms with Crippen LogP contribution in [0.4, 0.5) is 23.2 Å². The summed E-state index contributed by atoms with van der Waals surface area (Å²) in [5.41, 5.74) is 0.212. The van der Waals surface area contributed by atoms with Gasteiger partial charge in [0, 0.05) is 17.1 Å². The van der Waals surface area contributed by atoms with Crippen molar-refractivity contribution < 1.29 is 22.3 Å². The smallest absolute Gasteiger partial charge is 0.387 e. The number of nitrogens with one attached hydrogen (secondary N) is 1. The van der Waals surface area contributed by atoms with E-state index >= 15 is 0 Å². The van der Waals surface area contributed by atoms with E-state index in [2.05, 4.69) is 10.1 Å². The molecule has 0 spiro atoms. The summed E-state index contributed by atoms with van der Waals surface area (Å²) in [7, 11) is 0. The first-order valence-corrected chi connectivity index (χ1v) is 6.25. The molecule has 0 aromatic heterocycles. The van der Waals surface area contributed by atoms with Crippen LogP contribution in [-0.4, -0.2) is 6.61 Å². The van der Waals surface area contributed by atoms with E-state index in [0.29, 0.717) is 10.6 Å². The summed E-state index contributed by atoms with van der Waals surface area (Å²) < 4.78 is 55.4. The Kier molecular flexibility index (Phi) is 4.90. The molecular formula is C14H10ClF4NO. The lowest BCUT2D eigenvalue weighted by Crippen LogP contribution is -2.08. The van der Waals surface area contributed by atoms with Gasteiger partial charge in [-0.1, -0.05) is 11.6 Å². The Morgan fingerprint density at radius 1 is 1.10 bits per heavy atom. The maximum absolute atomic E-state index is 13.5. The third-order valence-corrected chi connectivity index (χ3v) is 2.87. The molecule has 0 aliphatic heterocycles. The maximum Gasteiger partial charge on any atom is 0.387 e. The van der Waals surface area contributed by atoms with Gasteiger partial charge in [-0.25, -0.2) is 8.78 Å². The minimum absolute atomic E-state index is 0.0526. The summed E-state index contributed by atoms with van der Waals surface area (Å²) in [6, 6.07) is 6.99. The van der Waals surface area contributed by atoms with Gasteiger partial charge in [-0.05, 0) is 36.4 Å². The predicted molar refractivity (Wildman–Crippen MR) is 71.8 cm³/mol. The van der Waals surface area contributed by atoms with Gasteiger partial charge in [0.1, 0.15) is 17.4 Å². The van der Waals surface area contributed by atoms with Gasteiger partial charge in [-0.3, -0.25) is 0 Å². The van der Waals surface area contributed by atoms with E-state index in [1.165, 1.54) is 18.2 Å². The molecule has 21 heavy (non-hydrogen) atoms. The van der Waals surface area contributed by atoms with Gasteiger partial charge in [0.2, 0.25) is 0 Å². The molecule has 0 saturated carbocycles. The molecule has 0 saturated heterocycles. The second-order valence-corrected chi connectivity index (χ2v) is 4.54. The average Bonchev–Trinajstić information content (AvgIpc) is 2.42. The number of rotatable bonds is 5. The Bertz CT molecular complexity index is 636. The summed E-state index contributed by atoms with van der Waals surface area (Å²) in [6.45, 7) is -3.04. The third kappa shape index (κ3) is 4.26. The van der Waals surface area contributed by atoms with Gasteiger partial charge in [-0.15, -0.1) is 0 Å². The fourth-order valence-corrected chi connectivity index (χ4v) is 1.92. The van der Waals surface area contributed by atoms with Crippen molar-refractivity contribution in [2.24, 2.45) is 0 Å². The van der Waals surface area contributed by atoms with Crippen LogP contribution in [0.3, 0.4) is 0 Å². The molecule has 0 aliphatic rings. The summed E-state index contributed by atoms with van der Waals surface area (Å²) in [4.78, 5) is 0. The SMILES string of the molecule is Fc1ccc(F)c(NCc2cc(Cl)ccc2OC(F)F)c1. The van der Waals surface area contributed by atoms with Gasteiger partial charge < -0.3 is 10.1 Å². The molecule has 2 rings (SSSR count). The van der Waals surface area contributed by atoms with Crippen molar-refractivity contribution in [3.8, 4) is 5.75 Å². The lowest BCUT2D eigenvalue weighted by Gasteiger charge is -2.13. The molecule has 112 valence electrons. The van der Waals surface area contributed by atoms with E-state index in [0.717, 1.165) is 18.2 Å². The number of anilines is 1. The molecule has 7 heteroatoms. The number of hydrogen-bond acceptors (Lipinski definition) is 2. The highest BCUT2D eigenvalue weighted by Crippen LogP contribution is 2.26. The van der Waals surface area contributed by atoms with E-state index < -0.39 is 18.2 Å². The van der Waals surface area contributed by atoms with Crippen LogP contribution in [0, 0.1) is 11.6 Å². The van der Waals surface area contributed by atoms with Crippen molar-refractivity contribution in [2.45, 2.75) is 13.2 Å². The summed E-state index contributed by atoms with van der Waals surface area (Å²) in [5, 5.41) is 2.93. The fourth-order valence-electron chi connectivity index (χ4n) is 1.72. The van der Waals surface area contributed by atoms with Gasteiger partial charge in [-0.2, -0.15) is 8.78 Å². The lowest BCUT2D eigenvalue weighted by atomic mass is 10.2. The highest BCUT2D eigenvalue weighted by atomic mass is 35.5. The van der Waals surface area contributed by atoms with Crippen LogP contribution in [0.1, 0.15) is 5.56 Å². The third-order valence-electron chi connectivity index (χ3n) is 2.64. The van der Waals surface area contributed by atoms with Crippen LogP contribution in [0.15, 0.2) is 36.4 Å². The van der Waals surface area contributed by atoms with E-state index in [9.17, 15) is 17.6 Å². The first kappa shape index (κ1) is 15.4. The lowest BCUT2D eigenvalue weighted by molar-refractivity contribution is -0.0504. The van der Waals surface area contributed by atoms with Crippen LogP contribution >= 0.6 is 11.6 Å². The zero-order valence-corrected chi connectivity index (χ0v) is 11.3. The molecule has 2 aromatic carbocycles. The molecule has 2 nitrogen and oxygen atoms in total. The molecule has 0 aliphatic carbocycles. The van der Waals surface area contributed by atoms with Gasteiger partial charge in [0.15, 0.2) is 0 Å². The van der Waals surface area contributed by atoms with Crippen molar-refractivity contribution in [3.05, 3.63) is 58.6 Å². The topological polar surface area (TPSA) is 21.3 Å². The van der Waals surface area contributed by atoms with Crippen LogP contribution in [-0.2, 0) is 6.54 Å². The monoisotopic (exact) mass is 319 g/mol. The molecule has 0 radical (unpaired) electrons. The second kappa shape index (κ2) is 6.67. The molecule has 0 bridgehead atoms. The summed E-state index contributed by atoms with van der Waals surface area (Å²) >= 11 is 5.79. The van der Waals surface area contributed by atoms with Gasteiger partial charge in [0.05, 0.1) is 5.69 Å². The molecule has 1 N–H and O–H groups in total. The largest absolute Gasteiger partial charge is 0.434 e. The molecule has 0 atom stereocenters. The highest BCUT2D eigenvalue weighted by molar-refractivity contribution is 6.30. The Hall–Kier alpha value is -1.95. The van der Waals surface area contributed by atoms with Crippen LogP contribution in [0.2, 0.25) is 5.02 Å². The molecule has 0 fully saturated rings. The number of ether oxygens (including phenoxy) is 1. The maximum atomic E-state index is 13.5. The standard InChI is InChI=1S/C14H10ClF4NO/c15-9-1-4-13(21-14(18)19)8(5-9)7-20-12-6-10(16)2-3-11(12)17/h1-6,14,20H,7H2. The van der Waals surface area contributed by atoms with Gasteiger partial charge in [0.25, 0.3) is 0 Å². The number of halogens is 5. The van der Waals surface area contributed by atoms with E-state index in [-0.39, 0.29) is 18.0 Å². The zero-order chi connectivity index (χ0) is 15.4. The minimum Gasteiger partial charge on any atom is -0.434 e. The van der Waals surface area contributed by atoms with E-state index in [1.54, 1.807) is 0 Å².